The second-order valence-corrected chi connectivity index (χ2v) is 11.0. The highest BCUT2D eigenvalue weighted by Crippen LogP contribution is 2.45. The van der Waals surface area contributed by atoms with Gasteiger partial charge in [0.05, 0.1) is 0 Å². The first-order chi connectivity index (χ1) is 16.3. The molecule has 7 nitrogen and oxygen atoms in total. The third-order valence-corrected chi connectivity index (χ3v) is 8.67. The second-order valence-electron chi connectivity index (χ2n) is 11.0. The van der Waals surface area contributed by atoms with Gasteiger partial charge in [0, 0.05) is 76.1 Å². The summed E-state index contributed by atoms with van der Waals surface area (Å²) in [6.45, 7) is 8.96. The quantitative estimate of drug-likeness (QED) is 0.723. The van der Waals surface area contributed by atoms with Gasteiger partial charge >= 0.3 is 6.03 Å². The first-order valence-corrected chi connectivity index (χ1v) is 13.0. The van der Waals surface area contributed by atoms with Crippen LogP contribution < -0.4 is 5.32 Å². The highest BCUT2D eigenvalue weighted by molar-refractivity contribution is 5.75. The molecule has 34 heavy (non-hydrogen) atoms. The van der Waals surface area contributed by atoms with Crippen LogP contribution in [0.5, 0.6) is 0 Å². The van der Waals surface area contributed by atoms with Gasteiger partial charge in [-0.05, 0) is 57.4 Å². The van der Waals surface area contributed by atoms with Gasteiger partial charge in [-0.1, -0.05) is 0 Å². The summed E-state index contributed by atoms with van der Waals surface area (Å²) < 4.78 is 30.2. The minimum Gasteiger partial charge on any atom is -0.328 e. The Morgan fingerprint density at radius 2 is 1.74 bits per heavy atom. The normalized spacial score (nSPS) is 34.4. The molecule has 5 atom stereocenters. The van der Waals surface area contributed by atoms with Crippen molar-refractivity contribution < 1.29 is 13.6 Å². The summed E-state index contributed by atoms with van der Waals surface area (Å²) in [7, 11) is 0. The molecule has 4 fully saturated rings. The van der Waals surface area contributed by atoms with Crippen LogP contribution in [0.3, 0.4) is 0 Å². The second kappa shape index (κ2) is 9.64. The molecule has 1 N–H and O–H groups in total. The number of nitrogens with one attached hydrogen (secondary N) is 1. The molecule has 9 heteroatoms. The number of nitrogens with zero attached hydrogens (tertiary/aromatic N) is 5. The summed E-state index contributed by atoms with van der Waals surface area (Å²) in [6, 6.07) is 0.547. The maximum absolute atomic E-state index is 15.1. The molecule has 2 aliphatic carbocycles. The van der Waals surface area contributed by atoms with E-state index in [0.717, 1.165) is 44.8 Å². The summed E-state index contributed by atoms with van der Waals surface area (Å²) in [5.41, 5.74) is 0. The van der Waals surface area contributed by atoms with Gasteiger partial charge in [0.1, 0.15) is 11.9 Å². The van der Waals surface area contributed by atoms with E-state index >= 15 is 8.78 Å². The smallest absolute Gasteiger partial charge is 0.317 e. The van der Waals surface area contributed by atoms with Crippen molar-refractivity contribution in [2.75, 3.05) is 39.3 Å². The predicted molar refractivity (Wildman–Crippen MR) is 126 cm³/mol. The fourth-order valence-electron chi connectivity index (χ4n) is 6.75. The lowest BCUT2D eigenvalue weighted by atomic mass is 9.85. The number of carbonyl (C=O) groups is 1. The van der Waals surface area contributed by atoms with E-state index in [0.29, 0.717) is 49.7 Å². The van der Waals surface area contributed by atoms with E-state index in [1.54, 1.807) is 17.3 Å². The molecule has 0 aromatic carbocycles. The molecule has 2 aliphatic heterocycles. The van der Waals surface area contributed by atoms with Crippen LogP contribution in [0, 0.1) is 11.8 Å². The average Bonchev–Trinajstić information content (AvgIpc) is 3.40. The highest BCUT2D eigenvalue weighted by Gasteiger charge is 2.51. The summed E-state index contributed by atoms with van der Waals surface area (Å²) in [4.78, 5) is 28.4. The van der Waals surface area contributed by atoms with Crippen molar-refractivity contribution in [1.29, 1.82) is 0 Å². The van der Waals surface area contributed by atoms with Gasteiger partial charge in [0.15, 0.2) is 0 Å². The Morgan fingerprint density at radius 1 is 1.09 bits per heavy atom. The number of aromatic nitrogens is 2. The largest absolute Gasteiger partial charge is 0.328 e. The van der Waals surface area contributed by atoms with E-state index in [1.165, 1.54) is 0 Å². The number of hydrogen-bond donors (Lipinski definition) is 1. The van der Waals surface area contributed by atoms with Crippen LogP contribution in [0.2, 0.25) is 0 Å². The van der Waals surface area contributed by atoms with Crippen molar-refractivity contribution in [2.45, 2.75) is 75.9 Å². The lowest BCUT2D eigenvalue weighted by Crippen LogP contribution is -2.65. The van der Waals surface area contributed by atoms with Crippen LogP contribution in [-0.4, -0.2) is 94.0 Å². The fraction of sp³-hybridized carbons (Fsp3) is 0.800. The number of alkyl halides is 2. The molecule has 3 heterocycles. The topological polar surface area (TPSA) is 64.6 Å². The zero-order chi connectivity index (χ0) is 23.9. The van der Waals surface area contributed by atoms with Gasteiger partial charge in [0.2, 0.25) is 0 Å². The zero-order valence-corrected chi connectivity index (χ0v) is 20.4. The standard InChI is InChI=1S/C25H38F2N6O/c1-17(2)31-9-11-32(12-10-31)21-5-3-6-25(26,27)22(21)30-24(34)33-15-19-13-18(14-20(19)16-33)23-28-7-4-8-29-23/h4,7-8,17-22H,3,5-6,9-16H2,1-2H3,(H,30,34)/t18-,19-,20+,21-,22+/m0/s1. The fourth-order valence-corrected chi connectivity index (χ4v) is 6.75. The number of rotatable bonds is 4. The minimum atomic E-state index is -2.88. The number of urea groups is 1. The molecule has 2 saturated carbocycles. The van der Waals surface area contributed by atoms with E-state index in [-0.39, 0.29) is 18.5 Å². The molecule has 188 valence electrons. The lowest BCUT2D eigenvalue weighted by Gasteiger charge is -2.47. The molecule has 1 aromatic rings. The van der Waals surface area contributed by atoms with Crippen LogP contribution in [0.1, 0.15) is 57.7 Å². The van der Waals surface area contributed by atoms with Gasteiger partial charge in [-0.2, -0.15) is 0 Å². The molecule has 1 aromatic heterocycles. The van der Waals surface area contributed by atoms with Gasteiger partial charge in [-0.3, -0.25) is 9.80 Å². The summed E-state index contributed by atoms with van der Waals surface area (Å²) in [5.74, 6) is -0.871. The monoisotopic (exact) mass is 476 g/mol. The van der Waals surface area contributed by atoms with Gasteiger partial charge in [0.25, 0.3) is 5.92 Å². The third-order valence-electron chi connectivity index (χ3n) is 8.67. The Labute approximate surface area is 201 Å². The van der Waals surface area contributed by atoms with Crippen LogP contribution in [0.25, 0.3) is 0 Å². The zero-order valence-electron chi connectivity index (χ0n) is 20.4. The maximum Gasteiger partial charge on any atom is 0.317 e. The molecule has 0 spiro atoms. The Morgan fingerprint density at radius 3 is 2.35 bits per heavy atom. The van der Waals surface area contributed by atoms with E-state index in [4.69, 9.17) is 0 Å². The van der Waals surface area contributed by atoms with E-state index in [9.17, 15) is 4.79 Å². The van der Waals surface area contributed by atoms with Gasteiger partial charge in [-0.15, -0.1) is 0 Å². The number of carbonyl (C=O) groups excluding carboxylic acids is 1. The first-order valence-electron chi connectivity index (χ1n) is 13.0. The lowest BCUT2D eigenvalue weighted by molar-refractivity contribution is -0.0971. The van der Waals surface area contributed by atoms with Crippen LogP contribution in [-0.2, 0) is 0 Å². The number of halogens is 2. The van der Waals surface area contributed by atoms with E-state index < -0.39 is 12.0 Å². The Hall–Kier alpha value is -1.87. The Bertz CT molecular complexity index is 833. The predicted octanol–water partition coefficient (Wildman–Crippen LogP) is 3.19. The SMILES string of the molecule is CC(C)N1CCN([C@H]2CCCC(F)(F)[C@@H]2NC(=O)N2C[C@H]3C[C@@H](c4ncccn4)C[C@H]3C2)CC1. The Kier molecular flexibility index (Phi) is 6.77. The van der Waals surface area contributed by atoms with Crippen molar-refractivity contribution in [3.8, 4) is 0 Å². The molecule has 2 saturated heterocycles. The van der Waals surface area contributed by atoms with Crippen molar-refractivity contribution >= 4 is 6.03 Å². The Balaban J connectivity index is 1.20. The van der Waals surface area contributed by atoms with Gasteiger partial charge < -0.3 is 10.2 Å². The molecule has 4 aliphatic rings. The van der Waals surface area contributed by atoms with Crippen molar-refractivity contribution in [3.05, 3.63) is 24.3 Å². The van der Waals surface area contributed by atoms with Crippen molar-refractivity contribution in [2.24, 2.45) is 11.8 Å². The summed E-state index contributed by atoms with van der Waals surface area (Å²) >= 11 is 0. The molecule has 0 radical (unpaired) electrons. The average molecular weight is 477 g/mol. The molecule has 0 unspecified atom stereocenters. The molecule has 5 rings (SSSR count). The molecule has 2 amide bonds. The summed E-state index contributed by atoms with van der Waals surface area (Å²) in [5, 5.41) is 2.82. The van der Waals surface area contributed by atoms with Crippen LogP contribution >= 0.6 is 0 Å². The van der Waals surface area contributed by atoms with Crippen LogP contribution in [0.15, 0.2) is 18.5 Å². The third kappa shape index (κ3) is 4.78. The number of likely N-dealkylation sites (tertiary alicyclic amines) is 1. The van der Waals surface area contributed by atoms with E-state index in [2.05, 4.69) is 38.9 Å². The van der Waals surface area contributed by atoms with Gasteiger partial charge in [-0.25, -0.2) is 23.5 Å². The summed E-state index contributed by atoms with van der Waals surface area (Å²) in [6.07, 6.45) is 6.54. The molecular formula is C25H38F2N6O. The molecule has 0 bridgehead atoms. The van der Waals surface area contributed by atoms with Crippen LogP contribution in [0.4, 0.5) is 13.6 Å². The first kappa shape index (κ1) is 23.9. The number of hydrogen-bond acceptors (Lipinski definition) is 5. The number of amides is 2. The van der Waals surface area contributed by atoms with E-state index in [1.807, 2.05) is 6.07 Å². The maximum atomic E-state index is 15.1. The van der Waals surface area contributed by atoms with Crippen molar-refractivity contribution in [3.63, 3.8) is 0 Å². The number of piperazine rings is 1. The minimum absolute atomic E-state index is 0.148. The number of fused-ring (bicyclic) bond motifs is 1. The van der Waals surface area contributed by atoms with Crippen molar-refractivity contribution in [1.82, 2.24) is 30.0 Å². The highest BCUT2D eigenvalue weighted by atomic mass is 19.3. The molecular weight excluding hydrogens is 438 g/mol.